The van der Waals surface area contributed by atoms with E-state index in [1.807, 2.05) is 0 Å². The van der Waals surface area contributed by atoms with Gasteiger partial charge in [0.2, 0.25) is 0 Å². The van der Waals surface area contributed by atoms with Gasteiger partial charge in [-0.3, -0.25) is 9.80 Å². The Kier molecular flexibility index (Phi) is 6.69. The van der Waals surface area contributed by atoms with E-state index in [1.165, 1.54) is 12.1 Å². The van der Waals surface area contributed by atoms with Gasteiger partial charge in [-0.05, 0) is 57.5 Å². The van der Waals surface area contributed by atoms with Crippen LogP contribution in [0.4, 0.5) is 13.2 Å². The van der Waals surface area contributed by atoms with Gasteiger partial charge in [-0.1, -0.05) is 12.1 Å². The second-order valence-electron chi connectivity index (χ2n) is 8.37. The molecule has 2 atom stereocenters. The number of nitrogens with one attached hydrogen (secondary N) is 1. The first-order valence-electron chi connectivity index (χ1n) is 10.1. The highest BCUT2D eigenvalue weighted by molar-refractivity contribution is 5.27. The van der Waals surface area contributed by atoms with Crippen molar-refractivity contribution in [3.8, 4) is 0 Å². The van der Waals surface area contributed by atoms with Crippen LogP contribution in [0.3, 0.4) is 0 Å². The maximum absolute atomic E-state index is 12.9. The van der Waals surface area contributed by atoms with Crippen LogP contribution >= 0.6 is 0 Å². The Hall–Kier alpha value is -1.15. The number of ether oxygens (including phenoxy) is 1. The summed E-state index contributed by atoms with van der Waals surface area (Å²) in [7, 11) is 1.65. The molecule has 0 unspecified atom stereocenters. The van der Waals surface area contributed by atoms with Gasteiger partial charge in [0.15, 0.2) is 0 Å². The third kappa shape index (κ3) is 4.70. The first-order chi connectivity index (χ1) is 13.2. The van der Waals surface area contributed by atoms with Crippen LogP contribution in [-0.4, -0.2) is 67.8 Å². The van der Waals surface area contributed by atoms with Crippen LogP contribution < -0.4 is 5.32 Å². The van der Waals surface area contributed by atoms with Gasteiger partial charge in [0.25, 0.3) is 0 Å². The highest BCUT2D eigenvalue weighted by Gasteiger charge is 2.39. The van der Waals surface area contributed by atoms with E-state index in [0.29, 0.717) is 12.6 Å². The number of methoxy groups -OCH3 is 1. The van der Waals surface area contributed by atoms with E-state index in [1.54, 1.807) is 19.2 Å². The normalized spacial score (nSPS) is 25.6. The molecule has 4 nitrogen and oxygen atoms in total. The van der Waals surface area contributed by atoms with Gasteiger partial charge >= 0.3 is 6.18 Å². The second kappa shape index (κ2) is 8.69. The van der Waals surface area contributed by atoms with E-state index in [-0.39, 0.29) is 11.6 Å². The van der Waals surface area contributed by atoms with Crippen molar-refractivity contribution in [3.05, 3.63) is 35.4 Å². The standard InChI is InChI=1S/C21H32F3N3O/c1-16-14-26(20(2)8-10-25-11-9-20)12-13-27(16)19(15-28-3)17-4-6-18(7-5-17)21(22,23)24/h4-7,16,19,25H,8-15H2,1-3H3/t16-,19-/m0/s1. The Morgan fingerprint density at radius 1 is 1.18 bits per heavy atom. The number of rotatable bonds is 5. The molecule has 0 aliphatic carbocycles. The lowest BCUT2D eigenvalue weighted by molar-refractivity contribution is -0.137. The molecule has 0 saturated carbocycles. The van der Waals surface area contributed by atoms with Crippen LogP contribution in [0, 0.1) is 0 Å². The summed E-state index contributed by atoms with van der Waals surface area (Å²) in [6.45, 7) is 9.99. The lowest BCUT2D eigenvalue weighted by Crippen LogP contribution is -2.62. The lowest BCUT2D eigenvalue weighted by atomic mass is 9.87. The van der Waals surface area contributed by atoms with Crippen LogP contribution in [-0.2, 0) is 10.9 Å². The molecule has 1 N–H and O–H groups in total. The van der Waals surface area contributed by atoms with E-state index < -0.39 is 11.7 Å². The second-order valence-corrected chi connectivity index (χ2v) is 8.37. The fourth-order valence-corrected chi connectivity index (χ4v) is 4.64. The minimum atomic E-state index is -4.31. The molecule has 2 aliphatic heterocycles. The number of halogens is 3. The molecule has 2 aliphatic rings. The molecular weight excluding hydrogens is 367 g/mol. The van der Waals surface area contributed by atoms with Gasteiger partial charge in [0, 0.05) is 38.3 Å². The van der Waals surface area contributed by atoms with Crippen molar-refractivity contribution < 1.29 is 17.9 Å². The fraction of sp³-hybridized carbons (Fsp3) is 0.714. The van der Waals surface area contributed by atoms with E-state index >= 15 is 0 Å². The van der Waals surface area contributed by atoms with Crippen LogP contribution in [0.1, 0.15) is 43.9 Å². The molecule has 2 fully saturated rings. The van der Waals surface area contributed by atoms with Gasteiger partial charge in [-0.15, -0.1) is 0 Å². The molecule has 28 heavy (non-hydrogen) atoms. The summed E-state index contributed by atoms with van der Waals surface area (Å²) >= 11 is 0. The fourth-order valence-electron chi connectivity index (χ4n) is 4.64. The number of benzene rings is 1. The average Bonchev–Trinajstić information content (AvgIpc) is 2.66. The van der Waals surface area contributed by atoms with Crippen molar-refractivity contribution >= 4 is 0 Å². The number of hydrogen-bond donors (Lipinski definition) is 1. The molecule has 0 amide bonds. The summed E-state index contributed by atoms with van der Waals surface area (Å²) in [5, 5.41) is 3.44. The Labute approximate surface area is 166 Å². The predicted octanol–water partition coefficient (Wildman–Crippen LogP) is 3.54. The molecule has 0 aromatic heterocycles. The Balaban J connectivity index is 1.72. The van der Waals surface area contributed by atoms with Crippen LogP contribution in [0.15, 0.2) is 24.3 Å². The molecule has 2 heterocycles. The zero-order chi connectivity index (χ0) is 20.4. The molecule has 0 spiro atoms. The van der Waals surface area contributed by atoms with Gasteiger partial charge in [-0.2, -0.15) is 13.2 Å². The Morgan fingerprint density at radius 3 is 2.36 bits per heavy atom. The van der Waals surface area contributed by atoms with Crippen molar-refractivity contribution in [3.63, 3.8) is 0 Å². The maximum atomic E-state index is 12.9. The monoisotopic (exact) mass is 399 g/mol. The minimum Gasteiger partial charge on any atom is -0.383 e. The molecular formula is C21H32F3N3O. The molecule has 158 valence electrons. The van der Waals surface area contributed by atoms with Crippen molar-refractivity contribution in [2.45, 2.75) is 50.5 Å². The smallest absolute Gasteiger partial charge is 0.383 e. The molecule has 2 saturated heterocycles. The van der Waals surface area contributed by atoms with Gasteiger partial charge < -0.3 is 10.1 Å². The number of piperazine rings is 1. The number of alkyl halides is 3. The van der Waals surface area contributed by atoms with E-state index in [4.69, 9.17) is 4.74 Å². The first-order valence-corrected chi connectivity index (χ1v) is 10.1. The summed E-state index contributed by atoms with van der Waals surface area (Å²) in [6.07, 6.45) is -2.00. The summed E-state index contributed by atoms with van der Waals surface area (Å²) in [4.78, 5) is 4.98. The molecule has 1 aromatic carbocycles. The quantitative estimate of drug-likeness (QED) is 0.820. The Morgan fingerprint density at radius 2 is 1.82 bits per heavy atom. The van der Waals surface area contributed by atoms with Gasteiger partial charge in [-0.25, -0.2) is 0 Å². The molecule has 0 bridgehead atoms. The minimum absolute atomic E-state index is 0.0368. The van der Waals surface area contributed by atoms with Crippen molar-refractivity contribution in [1.82, 2.24) is 15.1 Å². The number of piperidine rings is 1. The summed E-state index contributed by atoms with van der Waals surface area (Å²) in [5.74, 6) is 0. The lowest BCUT2D eigenvalue weighted by Gasteiger charge is -2.51. The van der Waals surface area contributed by atoms with Gasteiger partial charge in [0.1, 0.15) is 0 Å². The topological polar surface area (TPSA) is 27.7 Å². The molecule has 3 rings (SSSR count). The van der Waals surface area contributed by atoms with Crippen LogP contribution in [0.2, 0.25) is 0 Å². The Bertz CT molecular complexity index is 629. The van der Waals surface area contributed by atoms with Crippen molar-refractivity contribution in [2.24, 2.45) is 0 Å². The third-order valence-corrected chi connectivity index (χ3v) is 6.47. The summed E-state index contributed by atoms with van der Waals surface area (Å²) in [5.41, 5.74) is 0.504. The molecule has 1 aromatic rings. The van der Waals surface area contributed by atoms with Crippen LogP contribution in [0.5, 0.6) is 0 Å². The van der Waals surface area contributed by atoms with Crippen molar-refractivity contribution in [1.29, 1.82) is 0 Å². The average molecular weight is 400 g/mol. The van der Waals surface area contributed by atoms with Gasteiger partial charge in [0.05, 0.1) is 18.2 Å². The molecule has 7 heteroatoms. The summed E-state index contributed by atoms with van der Waals surface area (Å²) in [6, 6.07) is 5.82. The highest BCUT2D eigenvalue weighted by atomic mass is 19.4. The SMILES string of the molecule is COC[C@@H](c1ccc(C(F)(F)F)cc1)N1CCN(C2(C)CCNCC2)C[C@@H]1C. The van der Waals surface area contributed by atoms with Crippen molar-refractivity contribution in [2.75, 3.05) is 46.4 Å². The zero-order valence-corrected chi connectivity index (χ0v) is 17.1. The third-order valence-electron chi connectivity index (χ3n) is 6.47. The predicted molar refractivity (Wildman–Crippen MR) is 104 cm³/mol. The molecule has 0 radical (unpaired) electrons. The zero-order valence-electron chi connectivity index (χ0n) is 17.1. The first kappa shape index (κ1) is 21.6. The maximum Gasteiger partial charge on any atom is 0.416 e. The van der Waals surface area contributed by atoms with E-state index in [9.17, 15) is 13.2 Å². The van der Waals surface area contributed by atoms with E-state index in [2.05, 4.69) is 29.0 Å². The number of nitrogens with zero attached hydrogens (tertiary/aromatic N) is 2. The number of hydrogen-bond acceptors (Lipinski definition) is 4. The summed E-state index contributed by atoms with van der Waals surface area (Å²) < 4.78 is 44.1. The van der Waals surface area contributed by atoms with Crippen LogP contribution in [0.25, 0.3) is 0 Å². The van der Waals surface area contributed by atoms with E-state index in [0.717, 1.165) is 51.1 Å². The highest BCUT2D eigenvalue weighted by Crippen LogP contribution is 2.34. The largest absolute Gasteiger partial charge is 0.416 e.